The Morgan fingerprint density at radius 3 is 2.61 bits per heavy atom. The summed E-state index contributed by atoms with van der Waals surface area (Å²) in [5.74, 6) is -0.383. The van der Waals surface area contributed by atoms with Gasteiger partial charge in [-0.25, -0.2) is 0 Å². The molecule has 2 atom stereocenters. The molecular weight excluding hydrogens is 388 g/mol. The molecule has 0 amide bonds. The fourth-order valence-electron chi connectivity index (χ4n) is 4.90. The van der Waals surface area contributed by atoms with Gasteiger partial charge in [0.15, 0.2) is 5.43 Å². The second-order valence-electron chi connectivity index (χ2n) is 9.66. The molecule has 1 fully saturated rings. The summed E-state index contributed by atoms with van der Waals surface area (Å²) in [5, 5.41) is 4.03. The summed E-state index contributed by atoms with van der Waals surface area (Å²) in [4.78, 5) is 31.8. The number of carbonyl (C=O) groups excluding carboxylic acids is 1. The molecule has 0 saturated heterocycles. The molecule has 31 heavy (non-hydrogen) atoms. The van der Waals surface area contributed by atoms with Crippen molar-refractivity contribution >= 4 is 33.8 Å². The first-order valence-corrected chi connectivity index (χ1v) is 10.7. The van der Waals surface area contributed by atoms with Gasteiger partial charge < -0.3 is 9.73 Å². The van der Waals surface area contributed by atoms with Crippen LogP contribution in [0.15, 0.2) is 56.9 Å². The number of rotatable bonds is 1. The van der Waals surface area contributed by atoms with Crippen LogP contribution in [0.5, 0.6) is 0 Å². The minimum atomic E-state index is -0.522. The smallest absolute Gasteiger partial charge is 0.197 e. The highest BCUT2D eigenvalue weighted by Crippen LogP contribution is 2.45. The van der Waals surface area contributed by atoms with Crippen LogP contribution >= 0.6 is 0 Å². The largest absolute Gasteiger partial charge is 0.464 e. The Bertz CT molecular complexity index is 1320. The maximum atomic E-state index is 13.4. The second-order valence-corrected chi connectivity index (χ2v) is 9.66. The zero-order valence-corrected chi connectivity index (χ0v) is 18.3. The van der Waals surface area contributed by atoms with E-state index in [2.05, 4.69) is 45.1 Å². The first kappa shape index (κ1) is 19.7. The zero-order valence-electron chi connectivity index (χ0n) is 18.3. The Balaban J connectivity index is 1.74. The fourth-order valence-corrected chi connectivity index (χ4v) is 4.90. The van der Waals surface area contributed by atoms with Gasteiger partial charge in [0, 0.05) is 12.1 Å². The van der Waals surface area contributed by atoms with Gasteiger partial charge >= 0.3 is 0 Å². The van der Waals surface area contributed by atoms with E-state index >= 15 is 0 Å². The number of aliphatic imine (C=N–C) groups is 1. The Morgan fingerprint density at radius 2 is 1.81 bits per heavy atom. The lowest BCUT2D eigenvalue weighted by atomic mass is 9.68. The average molecular weight is 415 g/mol. The second kappa shape index (κ2) is 6.91. The molecule has 2 heterocycles. The van der Waals surface area contributed by atoms with Crippen LogP contribution in [-0.2, 0) is 4.79 Å². The number of Topliss-reactive ketones (excluding diaryl/α,β-unsaturated/α-hetero) is 1. The standard InChI is InChI=1S/C26H26N2O3/c1-14-9-18-19(10-15(14)2)28-24(23-20(27-18)11-26(3,4)12-21(23)29)17-13-31-22-8-6-5-7-16(22)25(17)30/h5-10,13,23-24,28H,11-12H2,1-4H3. The molecular formula is C26H26N2O3. The summed E-state index contributed by atoms with van der Waals surface area (Å²) in [6.45, 7) is 8.31. The van der Waals surface area contributed by atoms with Crippen LogP contribution in [0.3, 0.4) is 0 Å². The van der Waals surface area contributed by atoms with Gasteiger partial charge in [-0.05, 0) is 61.1 Å². The van der Waals surface area contributed by atoms with Crippen LogP contribution in [0.25, 0.3) is 11.0 Å². The third-order valence-corrected chi connectivity index (χ3v) is 6.58. The molecule has 2 unspecified atom stereocenters. The van der Waals surface area contributed by atoms with E-state index in [1.807, 2.05) is 12.1 Å². The molecule has 1 aromatic heterocycles. The number of fused-ring (bicyclic) bond motifs is 3. The minimum absolute atomic E-state index is 0.108. The summed E-state index contributed by atoms with van der Waals surface area (Å²) in [7, 11) is 0. The highest BCUT2D eigenvalue weighted by molar-refractivity contribution is 6.10. The summed E-state index contributed by atoms with van der Waals surface area (Å²) < 4.78 is 5.81. The summed E-state index contributed by atoms with van der Waals surface area (Å²) in [5.41, 5.74) is 5.53. The molecule has 3 aromatic rings. The lowest BCUT2D eigenvalue weighted by Gasteiger charge is -2.37. The van der Waals surface area contributed by atoms with Gasteiger partial charge in [-0.2, -0.15) is 0 Å². The molecule has 0 radical (unpaired) electrons. The van der Waals surface area contributed by atoms with Crippen molar-refractivity contribution in [3.63, 3.8) is 0 Å². The number of hydrogen-bond donors (Lipinski definition) is 1. The Kier molecular flexibility index (Phi) is 4.40. The van der Waals surface area contributed by atoms with Crippen LogP contribution in [0, 0.1) is 25.2 Å². The van der Waals surface area contributed by atoms with Gasteiger partial charge in [0.1, 0.15) is 17.6 Å². The maximum absolute atomic E-state index is 13.4. The van der Waals surface area contributed by atoms with E-state index in [0.717, 1.165) is 28.2 Å². The van der Waals surface area contributed by atoms with Crippen molar-refractivity contribution in [1.29, 1.82) is 0 Å². The number of para-hydroxylation sites is 1. The predicted molar refractivity (Wildman–Crippen MR) is 123 cm³/mol. The number of benzene rings is 2. The van der Waals surface area contributed by atoms with Gasteiger partial charge in [-0.1, -0.05) is 26.0 Å². The Morgan fingerprint density at radius 1 is 1.06 bits per heavy atom. The van der Waals surface area contributed by atoms with Gasteiger partial charge in [-0.15, -0.1) is 0 Å². The van der Waals surface area contributed by atoms with E-state index < -0.39 is 12.0 Å². The molecule has 1 aliphatic heterocycles. The number of hydrogen-bond acceptors (Lipinski definition) is 5. The molecule has 2 aromatic carbocycles. The molecule has 0 bridgehead atoms. The minimum Gasteiger partial charge on any atom is -0.464 e. The van der Waals surface area contributed by atoms with Crippen LogP contribution in [0.4, 0.5) is 11.4 Å². The maximum Gasteiger partial charge on any atom is 0.197 e. The highest BCUT2D eigenvalue weighted by atomic mass is 16.3. The molecule has 0 spiro atoms. The lowest BCUT2D eigenvalue weighted by molar-refractivity contribution is -0.124. The summed E-state index contributed by atoms with van der Waals surface area (Å²) >= 11 is 0. The van der Waals surface area contributed by atoms with Crippen molar-refractivity contribution in [3.8, 4) is 0 Å². The first-order valence-electron chi connectivity index (χ1n) is 10.7. The quantitative estimate of drug-likeness (QED) is 0.558. The van der Waals surface area contributed by atoms with Crippen LogP contribution in [-0.4, -0.2) is 11.5 Å². The third-order valence-electron chi connectivity index (χ3n) is 6.58. The van der Waals surface area contributed by atoms with Crippen molar-refractivity contribution < 1.29 is 9.21 Å². The van der Waals surface area contributed by atoms with Crippen LogP contribution in [0.2, 0.25) is 0 Å². The molecule has 2 aliphatic rings. The molecule has 5 rings (SSSR count). The van der Waals surface area contributed by atoms with E-state index in [0.29, 0.717) is 29.4 Å². The molecule has 1 N–H and O–H groups in total. The van der Waals surface area contributed by atoms with Gasteiger partial charge in [0.05, 0.1) is 34.3 Å². The summed E-state index contributed by atoms with van der Waals surface area (Å²) in [6, 6.07) is 10.8. The van der Waals surface area contributed by atoms with Crippen LogP contribution in [0.1, 0.15) is 49.4 Å². The topological polar surface area (TPSA) is 71.7 Å². The highest BCUT2D eigenvalue weighted by Gasteiger charge is 2.44. The van der Waals surface area contributed by atoms with Crippen molar-refractivity contribution in [2.45, 2.75) is 46.6 Å². The van der Waals surface area contributed by atoms with Crippen molar-refractivity contribution in [3.05, 3.63) is 69.6 Å². The van der Waals surface area contributed by atoms with Crippen molar-refractivity contribution in [1.82, 2.24) is 0 Å². The average Bonchev–Trinajstić information content (AvgIpc) is 2.84. The molecule has 5 heteroatoms. The van der Waals surface area contributed by atoms with E-state index in [1.54, 1.807) is 12.1 Å². The number of nitrogens with one attached hydrogen (secondary N) is 1. The number of carbonyl (C=O) groups is 1. The number of nitrogens with zero attached hydrogens (tertiary/aromatic N) is 1. The summed E-state index contributed by atoms with van der Waals surface area (Å²) in [6.07, 6.45) is 2.69. The van der Waals surface area contributed by atoms with E-state index in [9.17, 15) is 9.59 Å². The van der Waals surface area contributed by atoms with E-state index in [4.69, 9.17) is 9.41 Å². The molecule has 1 aliphatic carbocycles. The van der Waals surface area contributed by atoms with Crippen molar-refractivity contribution in [2.24, 2.45) is 16.3 Å². The number of anilines is 1. The Hall–Kier alpha value is -3.21. The molecule has 158 valence electrons. The molecule has 1 saturated carbocycles. The normalized spacial score (nSPS) is 22.2. The number of ketones is 1. The monoisotopic (exact) mass is 414 g/mol. The van der Waals surface area contributed by atoms with E-state index in [1.165, 1.54) is 6.26 Å². The third kappa shape index (κ3) is 3.29. The van der Waals surface area contributed by atoms with Crippen LogP contribution < -0.4 is 10.7 Å². The van der Waals surface area contributed by atoms with E-state index in [-0.39, 0.29) is 16.6 Å². The number of aryl methyl sites for hydroxylation is 2. The van der Waals surface area contributed by atoms with Gasteiger partial charge in [0.25, 0.3) is 0 Å². The molecule has 5 nitrogen and oxygen atoms in total. The van der Waals surface area contributed by atoms with Gasteiger partial charge in [0.2, 0.25) is 0 Å². The first-order chi connectivity index (χ1) is 14.7. The Labute approximate surface area is 181 Å². The lowest BCUT2D eigenvalue weighted by Crippen LogP contribution is -2.43. The predicted octanol–water partition coefficient (Wildman–Crippen LogP) is 5.65. The van der Waals surface area contributed by atoms with Gasteiger partial charge in [-0.3, -0.25) is 14.6 Å². The zero-order chi connectivity index (χ0) is 21.9. The fraction of sp³-hybridized carbons (Fsp3) is 0.346. The SMILES string of the molecule is Cc1cc2c(cc1C)NC(c1coc3ccccc3c1=O)C1C(=O)CC(C)(C)CC1=N2. The van der Waals surface area contributed by atoms with Crippen molar-refractivity contribution in [2.75, 3.05) is 5.32 Å².